The number of nitro groups is 1. The number of hydrogen-bond donors (Lipinski definition) is 1. The first-order chi connectivity index (χ1) is 13.1. The number of allylic oxidation sites excluding steroid dienone is 10. The highest BCUT2D eigenvalue weighted by Crippen LogP contribution is 2.04. The van der Waals surface area contributed by atoms with Crippen molar-refractivity contribution < 1.29 is 14.8 Å². The molecule has 27 heavy (non-hydrogen) atoms. The Balaban J connectivity index is 4.33. The first kappa shape index (κ1) is 24.5. The number of rotatable bonds is 15. The molecule has 0 spiro atoms. The molecule has 1 radical (unpaired) electrons. The van der Waals surface area contributed by atoms with Crippen LogP contribution in [0.1, 0.15) is 45.4 Å². The first-order valence-corrected chi connectivity index (χ1v) is 9.25. The monoisotopic (exact) mass is 372 g/mol. The lowest BCUT2D eigenvalue weighted by Crippen LogP contribution is -2.30. The van der Waals surface area contributed by atoms with Gasteiger partial charge in [0.2, 0.25) is 0 Å². The Morgan fingerprint density at radius 1 is 0.926 bits per heavy atom. The molecule has 0 fully saturated rings. The molecule has 147 valence electrons. The molecular formula is C22H30NO4. The van der Waals surface area contributed by atoms with Gasteiger partial charge in [-0.05, 0) is 38.2 Å². The summed E-state index contributed by atoms with van der Waals surface area (Å²) in [6, 6.07) is -1.19. The Hall–Kier alpha value is -2.53. The van der Waals surface area contributed by atoms with Crippen molar-refractivity contribution in [1.29, 1.82) is 0 Å². The molecule has 1 N–H and O–H groups in total. The van der Waals surface area contributed by atoms with E-state index in [9.17, 15) is 20.0 Å². The topological polar surface area (TPSA) is 80.4 Å². The molecule has 2 unspecified atom stereocenters. The van der Waals surface area contributed by atoms with Crippen LogP contribution in [0.2, 0.25) is 0 Å². The van der Waals surface area contributed by atoms with Crippen molar-refractivity contribution in [3.63, 3.8) is 0 Å². The van der Waals surface area contributed by atoms with Crippen molar-refractivity contribution in [3.8, 4) is 0 Å². The molecule has 0 heterocycles. The lowest BCUT2D eigenvalue weighted by atomic mass is 10.1. The van der Waals surface area contributed by atoms with E-state index < -0.39 is 17.1 Å². The van der Waals surface area contributed by atoms with Gasteiger partial charge in [0.25, 0.3) is 6.04 Å². The molecule has 0 aliphatic rings. The minimum atomic E-state index is -1.19. The van der Waals surface area contributed by atoms with E-state index in [2.05, 4.69) is 25.2 Å². The van der Waals surface area contributed by atoms with Crippen molar-refractivity contribution in [2.24, 2.45) is 0 Å². The van der Waals surface area contributed by atoms with E-state index in [1.54, 1.807) is 24.5 Å². The maximum Gasteiger partial charge on any atom is 0.260 e. The van der Waals surface area contributed by atoms with Crippen molar-refractivity contribution >= 4 is 6.29 Å². The molecule has 2 atom stereocenters. The zero-order valence-electron chi connectivity index (χ0n) is 15.9. The molecule has 0 rings (SSSR count). The van der Waals surface area contributed by atoms with Crippen LogP contribution in [0.15, 0.2) is 72.9 Å². The molecule has 0 saturated carbocycles. The fourth-order valence-electron chi connectivity index (χ4n) is 2.02. The fourth-order valence-corrected chi connectivity index (χ4v) is 2.02. The SMILES string of the molecule is CC/C=C\C/C=C\C/C=C\C=C/C(C(O)/C=C\C/C=C\CC[C]=O)[N+](=O)[O-]. The van der Waals surface area contributed by atoms with Gasteiger partial charge in [0.05, 0.1) is 0 Å². The summed E-state index contributed by atoms with van der Waals surface area (Å²) in [5.41, 5.74) is 0. The van der Waals surface area contributed by atoms with E-state index in [1.807, 2.05) is 24.3 Å². The van der Waals surface area contributed by atoms with E-state index in [1.165, 1.54) is 12.2 Å². The minimum Gasteiger partial charge on any atom is -0.381 e. The van der Waals surface area contributed by atoms with Crippen molar-refractivity contribution in [2.45, 2.75) is 57.6 Å². The number of aliphatic hydroxyl groups excluding tert-OH is 1. The van der Waals surface area contributed by atoms with Crippen LogP contribution in [0.4, 0.5) is 0 Å². The van der Waals surface area contributed by atoms with E-state index in [0.717, 1.165) is 19.3 Å². The van der Waals surface area contributed by atoms with Gasteiger partial charge in [-0.1, -0.05) is 73.8 Å². The number of unbranched alkanes of at least 4 members (excludes halogenated alkanes) is 1. The molecule has 0 amide bonds. The van der Waals surface area contributed by atoms with Crippen molar-refractivity contribution in [3.05, 3.63) is 83.0 Å². The third-order valence-corrected chi connectivity index (χ3v) is 3.45. The van der Waals surface area contributed by atoms with Crippen LogP contribution in [0.5, 0.6) is 0 Å². The van der Waals surface area contributed by atoms with E-state index in [0.29, 0.717) is 19.3 Å². The molecular weight excluding hydrogens is 342 g/mol. The van der Waals surface area contributed by atoms with E-state index >= 15 is 0 Å². The summed E-state index contributed by atoms with van der Waals surface area (Å²) < 4.78 is 0. The maximum absolute atomic E-state index is 11.1. The number of hydrogen-bond acceptors (Lipinski definition) is 4. The van der Waals surface area contributed by atoms with Crippen LogP contribution < -0.4 is 0 Å². The van der Waals surface area contributed by atoms with Gasteiger partial charge in [-0.2, -0.15) is 0 Å². The standard InChI is InChI=1S/C22H30NO4/c1-2-3-4-5-6-7-8-9-12-15-18-21(23(26)27)22(25)19-16-13-10-11-14-17-20-24/h3-4,6-7,9-12,15-16,18-19,21-22,25H,2,5,8,13-14,17H2,1H3/b4-3-,7-6-,11-10-,12-9-,18-15-,19-16-. The molecule has 5 nitrogen and oxygen atoms in total. The minimum absolute atomic E-state index is 0.357. The number of nitrogens with zero attached hydrogens (tertiary/aromatic N) is 1. The van der Waals surface area contributed by atoms with Crippen LogP contribution in [0.25, 0.3) is 0 Å². The van der Waals surface area contributed by atoms with Gasteiger partial charge >= 0.3 is 0 Å². The molecule has 0 aromatic carbocycles. The predicted octanol–water partition coefficient (Wildman–Crippen LogP) is 4.80. The lowest BCUT2D eigenvalue weighted by molar-refractivity contribution is -0.518. The molecule has 0 bridgehead atoms. The number of carbonyl (C=O) groups excluding carboxylic acids is 1. The maximum atomic E-state index is 11.1. The smallest absolute Gasteiger partial charge is 0.260 e. The van der Waals surface area contributed by atoms with Crippen LogP contribution in [-0.4, -0.2) is 28.5 Å². The molecule has 0 saturated heterocycles. The summed E-state index contributed by atoms with van der Waals surface area (Å²) >= 11 is 0. The van der Waals surface area contributed by atoms with Gasteiger partial charge in [-0.15, -0.1) is 0 Å². The number of aliphatic hydroxyl groups is 1. The molecule has 0 aromatic rings. The second kappa shape index (κ2) is 18.3. The van der Waals surface area contributed by atoms with E-state index in [-0.39, 0.29) is 0 Å². The van der Waals surface area contributed by atoms with Crippen LogP contribution in [0, 0.1) is 10.1 Å². The summed E-state index contributed by atoms with van der Waals surface area (Å²) in [6.07, 6.45) is 26.5. The third kappa shape index (κ3) is 15.4. The highest BCUT2D eigenvalue weighted by Gasteiger charge is 2.23. The highest BCUT2D eigenvalue weighted by molar-refractivity contribution is 5.50. The van der Waals surface area contributed by atoms with Gasteiger partial charge in [-0.3, -0.25) is 14.9 Å². The Bertz CT molecular complexity index is 571. The average molecular weight is 372 g/mol. The predicted molar refractivity (Wildman–Crippen MR) is 111 cm³/mol. The molecule has 5 heteroatoms. The fraction of sp³-hybridized carbons (Fsp3) is 0.409. The van der Waals surface area contributed by atoms with Gasteiger partial charge in [0, 0.05) is 11.3 Å². The Kier molecular flexibility index (Phi) is 16.6. The van der Waals surface area contributed by atoms with Gasteiger partial charge < -0.3 is 5.11 Å². The Morgan fingerprint density at radius 2 is 1.56 bits per heavy atom. The van der Waals surface area contributed by atoms with Crippen LogP contribution in [0.3, 0.4) is 0 Å². The summed E-state index contributed by atoms with van der Waals surface area (Å²) in [4.78, 5) is 20.6. The quantitative estimate of drug-likeness (QED) is 0.147. The molecule has 0 aromatic heterocycles. The van der Waals surface area contributed by atoms with Gasteiger partial charge in [0.1, 0.15) is 6.10 Å². The van der Waals surface area contributed by atoms with Crippen molar-refractivity contribution in [2.75, 3.05) is 0 Å². The van der Waals surface area contributed by atoms with Crippen molar-refractivity contribution in [1.82, 2.24) is 0 Å². The van der Waals surface area contributed by atoms with E-state index in [4.69, 9.17) is 0 Å². The van der Waals surface area contributed by atoms with Crippen LogP contribution >= 0.6 is 0 Å². The third-order valence-electron chi connectivity index (χ3n) is 3.45. The summed E-state index contributed by atoms with van der Waals surface area (Å²) in [6.45, 7) is 2.09. The van der Waals surface area contributed by atoms with Crippen LogP contribution in [-0.2, 0) is 4.79 Å². The lowest BCUT2D eigenvalue weighted by Gasteiger charge is -2.08. The largest absolute Gasteiger partial charge is 0.381 e. The summed E-state index contributed by atoms with van der Waals surface area (Å²) in [7, 11) is 0. The van der Waals surface area contributed by atoms with Gasteiger partial charge in [-0.25, -0.2) is 0 Å². The highest BCUT2D eigenvalue weighted by atomic mass is 16.6. The zero-order chi connectivity index (χ0) is 20.2. The van der Waals surface area contributed by atoms with Gasteiger partial charge in [0.15, 0.2) is 6.29 Å². The Morgan fingerprint density at radius 3 is 2.22 bits per heavy atom. The second-order valence-electron chi connectivity index (χ2n) is 5.72. The molecule has 0 aliphatic carbocycles. The Labute approximate surface area is 162 Å². The first-order valence-electron chi connectivity index (χ1n) is 9.25. The molecule has 0 aliphatic heterocycles. The average Bonchev–Trinajstić information content (AvgIpc) is 2.65. The zero-order valence-corrected chi connectivity index (χ0v) is 15.9. The summed E-state index contributed by atoms with van der Waals surface area (Å²) in [5.74, 6) is 0. The second-order valence-corrected chi connectivity index (χ2v) is 5.72. The summed E-state index contributed by atoms with van der Waals surface area (Å²) in [5, 5.41) is 21.1. The normalized spacial score (nSPS) is 15.2.